The van der Waals surface area contributed by atoms with E-state index in [1.165, 1.54) is 17.2 Å². The van der Waals surface area contributed by atoms with Gasteiger partial charge in [0.25, 0.3) is 0 Å². The van der Waals surface area contributed by atoms with E-state index in [4.69, 9.17) is 4.74 Å². The van der Waals surface area contributed by atoms with E-state index >= 15 is 0 Å². The molecule has 0 fully saturated rings. The molecule has 0 aromatic heterocycles. The molecule has 0 saturated carbocycles. The molecule has 0 spiro atoms. The Morgan fingerprint density at radius 2 is 1.78 bits per heavy atom. The molecule has 2 rings (SSSR count). The van der Waals surface area contributed by atoms with Crippen molar-refractivity contribution in [2.75, 3.05) is 7.11 Å². The minimum Gasteiger partial charge on any atom is -0.380 e. The van der Waals surface area contributed by atoms with Crippen LogP contribution in [0.15, 0.2) is 36.4 Å². The van der Waals surface area contributed by atoms with Gasteiger partial charge in [0.15, 0.2) is 0 Å². The smallest absolute Gasteiger partial charge is 0.123 e. The van der Waals surface area contributed by atoms with Gasteiger partial charge in [0.05, 0.1) is 6.61 Å². The largest absolute Gasteiger partial charge is 0.380 e. The molecule has 18 heavy (non-hydrogen) atoms. The van der Waals surface area contributed by atoms with Gasteiger partial charge in [-0.05, 0) is 53.8 Å². The van der Waals surface area contributed by atoms with E-state index in [1.54, 1.807) is 13.2 Å². The standard InChI is InChI=1S/C16H17FO/c1-11-8-13(4-5-14(11)10-18-3)16-7-6-15(17)9-12(16)2/h4-9H,10H2,1-3H3. The van der Waals surface area contributed by atoms with Gasteiger partial charge in [0, 0.05) is 7.11 Å². The van der Waals surface area contributed by atoms with Crippen molar-refractivity contribution in [2.45, 2.75) is 20.5 Å². The highest BCUT2D eigenvalue weighted by Gasteiger charge is 2.05. The summed E-state index contributed by atoms with van der Waals surface area (Å²) in [5.41, 5.74) is 5.52. The zero-order valence-electron chi connectivity index (χ0n) is 11.0. The molecular weight excluding hydrogens is 227 g/mol. The van der Waals surface area contributed by atoms with E-state index in [0.29, 0.717) is 6.61 Å². The molecule has 0 bridgehead atoms. The van der Waals surface area contributed by atoms with E-state index in [-0.39, 0.29) is 5.82 Å². The molecule has 0 heterocycles. The second kappa shape index (κ2) is 5.32. The highest BCUT2D eigenvalue weighted by Crippen LogP contribution is 2.26. The average Bonchev–Trinajstić information content (AvgIpc) is 2.32. The lowest BCUT2D eigenvalue weighted by molar-refractivity contribution is 0.184. The summed E-state index contributed by atoms with van der Waals surface area (Å²) in [5.74, 6) is -0.191. The number of hydrogen-bond donors (Lipinski definition) is 0. The van der Waals surface area contributed by atoms with E-state index in [2.05, 4.69) is 25.1 Å². The second-order valence-corrected chi connectivity index (χ2v) is 4.53. The summed E-state index contributed by atoms with van der Waals surface area (Å²) >= 11 is 0. The van der Waals surface area contributed by atoms with E-state index in [1.807, 2.05) is 13.0 Å². The second-order valence-electron chi connectivity index (χ2n) is 4.53. The summed E-state index contributed by atoms with van der Waals surface area (Å²) in [6, 6.07) is 11.1. The Morgan fingerprint density at radius 1 is 1.00 bits per heavy atom. The Morgan fingerprint density at radius 3 is 2.39 bits per heavy atom. The summed E-state index contributed by atoms with van der Waals surface area (Å²) in [7, 11) is 1.69. The summed E-state index contributed by atoms with van der Waals surface area (Å²) in [4.78, 5) is 0. The van der Waals surface area contributed by atoms with Crippen LogP contribution in [0.3, 0.4) is 0 Å². The topological polar surface area (TPSA) is 9.23 Å². The number of ether oxygens (including phenoxy) is 1. The lowest BCUT2D eigenvalue weighted by Gasteiger charge is -2.10. The molecule has 0 aliphatic rings. The van der Waals surface area contributed by atoms with Gasteiger partial charge >= 0.3 is 0 Å². The van der Waals surface area contributed by atoms with Crippen LogP contribution < -0.4 is 0 Å². The maximum atomic E-state index is 13.1. The number of methoxy groups -OCH3 is 1. The van der Waals surface area contributed by atoms with E-state index in [9.17, 15) is 4.39 Å². The molecule has 0 amide bonds. The van der Waals surface area contributed by atoms with Crippen molar-refractivity contribution in [3.05, 3.63) is 58.9 Å². The number of halogens is 1. The Labute approximate surface area is 107 Å². The van der Waals surface area contributed by atoms with Crippen molar-refractivity contribution >= 4 is 0 Å². The summed E-state index contributed by atoms with van der Waals surface area (Å²) in [5, 5.41) is 0. The Kier molecular flexibility index (Phi) is 3.78. The van der Waals surface area contributed by atoms with Crippen LogP contribution in [-0.2, 0) is 11.3 Å². The number of hydrogen-bond acceptors (Lipinski definition) is 1. The van der Waals surface area contributed by atoms with Crippen molar-refractivity contribution in [3.8, 4) is 11.1 Å². The van der Waals surface area contributed by atoms with Gasteiger partial charge < -0.3 is 4.74 Å². The number of aryl methyl sites for hydroxylation is 2. The summed E-state index contributed by atoms with van der Waals surface area (Å²) in [6.45, 7) is 4.61. The molecule has 0 N–H and O–H groups in total. The molecule has 2 heteroatoms. The zero-order valence-corrected chi connectivity index (χ0v) is 11.0. The lowest BCUT2D eigenvalue weighted by atomic mass is 9.97. The van der Waals surface area contributed by atoms with Gasteiger partial charge in [-0.1, -0.05) is 24.3 Å². The first kappa shape index (κ1) is 12.8. The van der Waals surface area contributed by atoms with Crippen molar-refractivity contribution in [1.82, 2.24) is 0 Å². The quantitative estimate of drug-likeness (QED) is 0.784. The Balaban J connectivity index is 2.42. The van der Waals surface area contributed by atoms with Gasteiger partial charge in [-0.15, -0.1) is 0 Å². The summed E-state index contributed by atoms with van der Waals surface area (Å²) < 4.78 is 18.2. The monoisotopic (exact) mass is 244 g/mol. The van der Waals surface area contributed by atoms with Gasteiger partial charge in [0.1, 0.15) is 5.82 Å². The highest BCUT2D eigenvalue weighted by atomic mass is 19.1. The fourth-order valence-electron chi connectivity index (χ4n) is 2.13. The minimum absolute atomic E-state index is 0.191. The van der Waals surface area contributed by atoms with Crippen LogP contribution in [-0.4, -0.2) is 7.11 Å². The average molecular weight is 244 g/mol. The van der Waals surface area contributed by atoms with Gasteiger partial charge in [-0.3, -0.25) is 0 Å². The van der Waals surface area contributed by atoms with Crippen LogP contribution >= 0.6 is 0 Å². The van der Waals surface area contributed by atoms with Crippen LogP contribution in [0, 0.1) is 19.7 Å². The van der Waals surface area contributed by atoms with Crippen LogP contribution in [0.2, 0.25) is 0 Å². The van der Waals surface area contributed by atoms with E-state index < -0.39 is 0 Å². The molecule has 0 aliphatic heterocycles. The molecular formula is C16H17FO. The maximum absolute atomic E-state index is 13.1. The fraction of sp³-hybridized carbons (Fsp3) is 0.250. The number of benzene rings is 2. The van der Waals surface area contributed by atoms with Crippen LogP contribution in [0.1, 0.15) is 16.7 Å². The maximum Gasteiger partial charge on any atom is 0.123 e. The predicted molar refractivity (Wildman–Crippen MR) is 72.0 cm³/mol. The highest BCUT2D eigenvalue weighted by molar-refractivity contribution is 5.68. The molecule has 0 unspecified atom stereocenters. The lowest BCUT2D eigenvalue weighted by Crippen LogP contribution is -1.93. The SMILES string of the molecule is COCc1ccc(-c2ccc(F)cc2C)cc1C. The molecule has 0 aliphatic carbocycles. The predicted octanol–water partition coefficient (Wildman–Crippen LogP) is 4.26. The molecule has 94 valence electrons. The fourth-order valence-corrected chi connectivity index (χ4v) is 2.13. The molecule has 0 atom stereocenters. The van der Waals surface area contributed by atoms with Crippen LogP contribution in [0.4, 0.5) is 4.39 Å². The van der Waals surface area contributed by atoms with E-state index in [0.717, 1.165) is 16.7 Å². The molecule has 1 nitrogen and oxygen atoms in total. The minimum atomic E-state index is -0.191. The zero-order chi connectivity index (χ0) is 13.1. The molecule has 0 saturated heterocycles. The van der Waals surface area contributed by atoms with Crippen molar-refractivity contribution in [3.63, 3.8) is 0 Å². The van der Waals surface area contributed by atoms with Crippen molar-refractivity contribution in [2.24, 2.45) is 0 Å². The van der Waals surface area contributed by atoms with Crippen LogP contribution in [0.25, 0.3) is 11.1 Å². The van der Waals surface area contributed by atoms with Crippen molar-refractivity contribution < 1.29 is 9.13 Å². The molecule has 2 aromatic rings. The first-order valence-corrected chi connectivity index (χ1v) is 5.97. The van der Waals surface area contributed by atoms with Gasteiger partial charge in [-0.25, -0.2) is 4.39 Å². The molecule has 0 radical (unpaired) electrons. The van der Waals surface area contributed by atoms with Crippen LogP contribution in [0.5, 0.6) is 0 Å². The van der Waals surface area contributed by atoms with Crippen molar-refractivity contribution in [1.29, 1.82) is 0 Å². The third kappa shape index (κ3) is 2.59. The first-order valence-electron chi connectivity index (χ1n) is 5.97. The van der Waals surface area contributed by atoms with Gasteiger partial charge in [-0.2, -0.15) is 0 Å². The normalized spacial score (nSPS) is 10.7. The third-order valence-corrected chi connectivity index (χ3v) is 3.14. The third-order valence-electron chi connectivity index (χ3n) is 3.14. The Bertz CT molecular complexity index is 561. The van der Waals surface area contributed by atoms with Gasteiger partial charge in [0.2, 0.25) is 0 Å². The Hall–Kier alpha value is -1.67. The number of rotatable bonds is 3. The molecule has 2 aromatic carbocycles. The first-order chi connectivity index (χ1) is 8.61. The summed E-state index contributed by atoms with van der Waals surface area (Å²) in [6.07, 6.45) is 0.